The van der Waals surface area contributed by atoms with E-state index < -0.39 is 11.6 Å². The quantitative estimate of drug-likeness (QED) is 0.930. The van der Waals surface area contributed by atoms with Gasteiger partial charge in [-0.3, -0.25) is 0 Å². The maximum Gasteiger partial charge on any atom is 0.183 e. The number of hydrogen-bond donors (Lipinski definition) is 1. The lowest BCUT2D eigenvalue weighted by Crippen LogP contribution is -2.10. The molecule has 1 N–H and O–H groups in total. The standard InChI is InChI=1S/C14H13F2N3O/c1-7(12-8(2)19-20-9(12)3)18-11-5-4-10(6-17)13(15)14(11)16/h4-5,7,18H,1-3H3. The molecule has 0 aliphatic carbocycles. The smallest absolute Gasteiger partial charge is 0.183 e. The third kappa shape index (κ3) is 2.35. The fraction of sp³-hybridized carbons (Fsp3) is 0.286. The van der Waals surface area contributed by atoms with Crippen molar-refractivity contribution in [3.8, 4) is 6.07 Å². The Labute approximate surface area is 115 Å². The van der Waals surface area contributed by atoms with Crippen molar-refractivity contribution in [3.63, 3.8) is 0 Å². The molecule has 0 bridgehead atoms. The molecule has 1 unspecified atom stereocenters. The molecule has 0 aliphatic heterocycles. The van der Waals surface area contributed by atoms with Crippen LogP contribution in [0.5, 0.6) is 0 Å². The Hall–Kier alpha value is -2.42. The summed E-state index contributed by atoms with van der Waals surface area (Å²) < 4.78 is 32.4. The van der Waals surface area contributed by atoms with Gasteiger partial charge in [-0.05, 0) is 32.9 Å². The van der Waals surface area contributed by atoms with E-state index in [4.69, 9.17) is 9.78 Å². The zero-order valence-corrected chi connectivity index (χ0v) is 11.3. The van der Waals surface area contributed by atoms with Gasteiger partial charge in [0.2, 0.25) is 0 Å². The Bertz CT molecular complexity index is 669. The monoisotopic (exact) mass is 277 g/mol. The van der Waals surface area contributed by atoms with Crippen LogP contribution in [0.3, 0.4) is 0 Å². The lowest BCUT2D eigenvalue weighted by atomic mass is 10.1. The predicted octanol–water partition coefficient (Wildman–Crippen LogP) is 3.61. The van der Waals surface area contributed by atoms with Gasteiger partial charge in [0.1, 0.15) is 11.8 Å². The third-order valence-electron chi connectivity index (χ3n) is 3.10. The molecule has 1 aromatic carbocycles. The molecule has 20 heavy (non-hydrogen) atoms. The van der Waals surface area contributed by atoms with Crippen LogP contribution in [0.15, 0.2) is 16.7 Å². The summed E-state index contributed by atoms with van der Waals surface area (Å²) in [6, 6.07) is 3.87. The number of hydrogen-bond acceptors (Lipinski definition) is 4. The molecule has 0 saturated carbocycles. The van der Waals surface area contributed by atoms with Crippen molar-refractivity contribution in [1.82, 2.24) is 5.16 Å². The van der Waals surface area contributed by atoms with E-state index in [9.17, 15) is 8.78 Å². The number of nitrogens with one attached hydrogen (secondary N) is 1. The summed E-state index contributed by atoms with van der Waals surface area (Å²) in [5.41, 5.74) is 1.17. The molecule has 4 nitrogen and oxygen atoms in total. The first-order chi connectivity index (χ1) is 9.45. The highest BCUT2D eigenvalue weighted by molar-refractivity contribution is 5.51. The first-order valence-corrected chi connectivity index (χ1v) is 6.03. The van der Waals surface area contributed by atoms with E-state index >= 15 is 0 Å². The van der Waals surface area contributed by atoms with Crippen molar-refractivity contribution < 1.29 is 13.3 Å². The van der Waals surface area contributed by atoms with Crippen LogP contribution in [0.2, 0.25) is 0 Å². The highest BCUT2D eigenvalue weighted by Gasteiger charge is 2.19. The Balaban J connectivity index is 2.32. The second-order valence-corrected chi connectivity index (χ2v) is 4.50. The number of nitrogens with zero attached hydrogens (tertiary/aromatic N) is 2. The summed E-state index contributed by atoms with van der Waals surface area (Å²) in [6.07, 6.45) is 0. The van der Waals surface area contributed by atoms with Gasteiger partial charge < -0.3 is 9.84 Å². The minimum atomic E-state index is -1.15. The van der Waals surface area contributed by atoms with Crippen LogP contribution >= 0.6 is 0 Å². The number of aryl methyl sites for hydroxylation is 2. The normalized spacial score (nSPS) is 12.0. The molecule has 0 aliphatic rings. The van der Waals surface area contributed by atoms with Crippen molar-refractivity contribution in [2.24, 2.45) is 0 Å². The first-order valence-electron chi connectivity index (χ1n) is 6.03. The van der Waals surface area contributed by atoms with Gasteiger partial charge in [0.15, 0.2) is 11.6 Å². The van der Waals surface area contributed by atoms with E-state index in [0.29, 0.717) is 11.5 Å². The second kappa shape index (κ2) is 5.29. The number of aromatic nitrogens is 1. The first kappa shape index (κ1) is 14.0. The molecule has 2 rings (SSSR count). The average Bonchev–Trinajstić information content (AvgIpc) is 2.75. The fourth-order valence-corrected chi connectivity index (χ4v) is 2.16. The molecule has 6 heteroatoms. The molecule has 104 valence electrons. The van der Waals surface area contributed by atoms with E-state index in [1.54, 1.807) is 26.8 Å². The van der Waals surface area contributed by atoms with Crippen molar-refractivity contribution in [3.05, 3.63) is 46.3 Å². The van der Waals surface area contributed by atoms with Crippen molar-refractivity contribution in [2.45, 2.75) is 26.8 Å². The molecule has 1 atom stereocenters. The number of benzene rings is 1. The molecule has 0 saturated heterocycles. The number of nitriles is 1. The molecule has 0 fully saturated rings. The molecule has 2 aromatic rings. The Morgan fingerprint density at radius 1 is 1.30 bits per heavy atom. The Morgan fingerprint density at radius 3 is 2.55 bits per heavy atom. The van der Waals surface area contributed by atoms with E-state index in [-0.39, 0.29) is 17.3 Å². The summed E-state index contributed by atoms with van der Waals surface area (Å²) in [7, 11) is 0. The van der Waals surface area contributed by atoms with Crippen molar-refractivity contribution in [2.75, 3.05) is 5.32 Å². The topological polar surface area (TPSA) is 61.9 Å². The Kier molecular flexibility index (Phi) is 3.70. The summed E-state index contributed by atoms with van der Waals surface area (Å²) in [6.45, 7) is 5.32. The van der Waals surface area contributed by atoms with Gasteiger partial charge in [-0.2, -0.15) is 5.26 Å². The summed E-state index contributed by atoms with van der Waals surface area (Å²) in [5.74, 6) is -1.59. The van der Waals surface area contributed by atoms with Gasteiger partial charge in [-0.15, -0.1) is 0 Å². The van der Waals surface area contributed by atoms with Gasteiger partial charge in [-0.25, -0.2) is 8.78 Å². The Morgan fingerprint density at radius 2 is 2.00 bits per heavy atom. The van der Waals surface area contributed by atoms with E-state index in [2.05, 4.69) is 10.5 Å². The van der Waals surface area contributed by atoms with Crippen LogP contribution in [0, 0.1) is 36.8 Å². The molecular formula is C14H13F2N3O. The van der Waals surface area contributed by atoms with Crippen LogP contribution in [0.1, 0.15) is 35.5 Å². The lowest BCUT2D eigenvalue weighted by molar-refractivity contribution is 0.392. The predicted molar refractivity (Wildman–Crippen MR) is 69.1 cm³/mol. The van der Waals surface area contributed by atoms with Crippen LogP contribution < -0.4 is 5.32 Å². The van der Waals surface area contributed by atoms with E-state index in [1.807, 2.05) is 0 Å². The molecular weight excluding hydrogens is 264 g/mol. The van der Waals surface area contributed by atoms with Crippen LogP contribution in [-0.4, -0.2) is 5.16 Å². The summed E-state index contributed by atoms with van der Waals surface area (Å²) in [4.78, 5) is 0. The summed E-state index contributed by atoms with van der Waals surface area (Å²) >= 11 is 0. The zero-order chi connectivity index (χ0) is 14.9. The maximum atomic E-state index is 13.8. The van der Waals surface area contributed by atoms with Crippen LogP contribution in [0.25, 0.3) is 0 Å². The van der Waals surface area contributed by atoms with Gasteiger partial charge in [-0.1, -0.05) is 5.16 Å². The number of halogens is 2. The van der Waals surface area contributed by atoms with Crippen molar-refractivity contribution in [1.29, 1.82) is 5.26 Å². The highest BCUT2D eigenvalue weighted by Crippen LogP contribution is 2.27. The molecule has 1 heterocycles. The molecule has 1 aromatic heterocycles. The van der Waals surface area contributed by atoms with Gasteiger partial charge in [0.25, 0.3) is 0 Å². The van der Waals surface area contributed by atoms with Crippen LogP contribution in [0.4, 0.5) is 14.5 Å². The third-order valence-corrected chi connectivity index (χ3v) is 3.10. The van der Waals surface area contributed by atoms with E-state index in [0.717, 1.165) is 5.56 Å². The average molecular weight is 277 g/mol. The number of rotatable bonds is 3. The van der Waals surface area contributed by atoms with Gasteiger partial charge in [0, 0.05) is 5.56 Å². The zero-order valence-electron chi connectivity index (χ0n) is 11.3. The minimum absolute atomic E-state index is 0.00556. The van der Waals surface area contributed by atoms with Crippen LogP contribution in [-0.2, 0) is 0 Å². The second-order valence-electron chi connectivity index (χ2n) is 4.50. The largest absolute Gasteiger partial charge is 0.376 e. The van der Waals surface area contributed by atoms with Gasteiger partial charge >= 0.3 is 0 Å². The minimum Gasteiger partial charge on any atom is -0.376 e. The number of anilines is 1. The lowest BCUT2D eigenvalue weighted by Gasteiger charge is -2.16. The molecule has 0 radical (unpaired) electrons. The SMILES string of the molecule is Cc1noc(C)c1C(C)Nc1ccc(C#N)c(F)c1F. The van der Waals surface area contributed by atoms with E-state index in [1.165, 1.54) is 12.1 Å². The summed E-state index contributed by atoms with van der Waals surface area (Å²) in [5, 5.41) is 15.3. The highest BCUT2D eigenvalue weighted by atomic mass is 19.2. The maximum absolute atomic E-state index is 13.8. The molecule has 0 amide bonds. The van der Waals surface area contributed by atoms with Crippen molar-refractivity contribution >= 4 is 5.69 Å². The van der Waals surface area contributed by atoms with Gasteiger partial charge in [0.05, 0.1) is 23.0 Å². The fourth-order valence-electron chi connectivity index (χ4n) is 2.16. The molecule has 0 spiro atoms.